The Morgan fingerprint density at radius 1 is 1.28 bits per heavy atom. The molecule has 4 heterocycles. The summed E-state index contributed by atoms with van der Waals surface area (Å²) < 4.78 is 11.3. The topological polar surface area (TPSA) is 134 Å². The normalized spacial score (nSPS) is 24.0. The molecule has 1 aliphatic heterocycles. The molecule has 12 heteroatoms. The average molecular weight is 443 g/mol. The standard InChI is InChI=1S/C20H30N10O2/c1-13-18(14(2)29(24-13)6-7-31)19(20-23-25-27-30(20)17-3-8-32-12-17)22-16-9-15(10-16)11-28-5-4-21-26-28/h4-5,15-17,19,22,31H,3,6-12H2,1-2H3. The van der Waals surface area contributed by atoms with Gasteiger partial charge in [-0.15, -0.1) is 10.2 Å². The Balaban J connectivity index is 1.40. The van der Waals surface area contributed by atoms with Crippen molar-refractivity contribution < 1.29 is 9.84 Å². The first-order chi connectivity index (χ1) is 15.6. The number of tetrazole rings is 1. The number of aliphatic hydroxyl groups excluding tert-OH is 1. The van der Waals surface area contributed by atoms with Crippen molar-refractivity contribution in [2.75, 3.05) is 19.8 Å². The Kier molecular flexibility index (Phi) is 5.98. The number of nitrogens with one attached hydrogen (secondary N) is 1. The number of aryl methyl sites for hydroxylation is 1. The number of hydrogen-bond donors (Lipinski definition) is 2. The third kappa shape index (κ3) is 4.05. The van der Waals surface area contributed by atoms with E-state index in [0.717, 1.165) is 55.2 Å². The zero-order valence-electron chi connectivity index (χ0n) is 18.5. The average Bonchev–Trinajstić information content (AvgIpc) is 3.54. The van der Waals surface area contributed by atoms with Crippen molar-refractivity contribution in [2.45, 2.75) is 64.3 Å². The molecule has 172 valence electrons. The van der Waals surface area contributed by atoms with E-state index >= 15 is 0 Å². The summed E-state index contributed by atoms with van der Waals surface area (Å²) in [4.78, 5) is 0. The molecule has 1 saturated carbocycles. The molecule has 0 amide bonds. The van der Waals surface area contributed by atoms with Crippen molar-refractivity contribution in [3.8, 4) is 0 Å². The number of hydrogen-bond acceptors (Lipinski definition) is 9. The highest BCUT2D eigenvalue weighted by Crippen LogP contribution is 2.35. The van der Waals surface area contributed by atoms with Gasteiger partial charge in [0.05, 0.1) is 43.7 Å². The number of rotatable bonds is 9. The lowest BCUT2D eigenvalue weighted by atomic mass is 9.79. The maximum atomic E-state index is 9.44. The van der Waals surface area contributed by atoms with Crippen LogP contribution in [0.2, 0.25) is 0 Å². The molecule has 1 saturated heterocycles. The third-order valence-electron chi connectivity index (χ3n) is 6.62. The predicted octanol–water partition coefficient (Wildman–Crippen LogP) is 0.189. The van der Waals surface area contributed by atoms with Crippen LogP contribution < -0.4 is 5.32 Å². The minimum Gasteiger partial charge on any atom is -0.394 e. The lowest BCUT2D eigenvalue weighted by Gasteiger charge is -2.38. The molecule has 0 aromatic carbocycles. The van der Waals surface area contributed by atoms with E-state index in [1.807, 2.05) is 34.1 Å². The van der Waals surface area contributed by atoms with E-state index in [0.29, 0.717) is 25.1 Å². The van der Waals surface area contributed by atoms with Crippen LogP contribution in [-0.2, 0) is 17.8 Å². The van der Waals surface area contributed by atoms with E-state index in [1.54, 1.807) is 6.20 Å². The molecule has 2 atom stereocenters. The molecular weight excluding hydrogens is 412 g/mol. The molecule has 0 radical (unpaired) electrons. The molecule has 2 unspecified atom stereocenters. The molecule has 3 aromatic heterocycles. The second-order valence-corrected chi connectivity index (χ2v) is 8.79. The minimum atomic E-state index is -0.185. The molecule has 32 heavy (non-hydrogen) atoms. The zero-order valence-corrected chi connectivity index (χ0v) is 18.5. The van der Waals surface area contributed by atoms with Gasteiger partial charge < -0.3 is 15.2 Å². The summed E-state index contributed by atoms with van der Waals surface area (Å²) in [6, 6.07) is 0.299. The highest BCUT2D eigenvalue weighted by molar-refractivity contribution is 5.33. The lowest BCUT2D eigenvalue weighted by Crippen LogP contribution is -2.45. The first kappa shape index (κ1) is 21.2. The van der Waals surface area contributed by atoms with Gasteiger partial charge in [-0.1, -0.05) is 5.21 Å². The van der Waals surface area contributed by atoms with Crippen LogP contribution >= 0.6 is 0 Å². The van der Waals surface area contributed by atoms with Crippen molar-refractivity contribution >= 4 is 0 Å². The van der Waals surface area contributed by atoms with Crippen LogP contribution in [0.5, 0.6) is 0 Å². The fourth-order valence-electron chi connectivity index (χ4n) is 4.94. The monoisotopic (exact) mass is 442 g/mol. The van der Waals surface area contributed by atoms with Crippen molar-refractivity contribution in [2.24, 2.45) is 5.92 Å². The molecule has 12 nitrogen and oxygen atoms in total. The van der Waals surface area contributed by atoms with Gasteiger partial charge >= 0.3 is 0 Å². The fraction of sp³-hybridized carbons (Fsp3) is 0.700. The smallest absolute Gasteiger partial charge is 0.173 e. The van der Waals surface area contributed by atoms with Crippen molar-refractivity contribution in [1.82, 2.24) is 50.3 Å². The molecule has 3 aromatic rings. The van der Waals surface area contributed by atoms with Crippen LogP contribution in [-0.4, -0.2) is 76.0 Å². The van der Waals surface area contributed by atoms with Crippen LogP contribution in [0.3, 0.4) is 0 Å². The highest BCUT2D eigenvalue weighted by atomic mass is 16.5. The summed E-state index contributed by atoms with van der Waals surface area (Å²) in [5.74, 6) is 1.35. The van der Waals surface area contributed by atoms with Gasteiger partial charge in [-0.05, 0) is 49.5 Å². The summed E-state index contributed by atoms with van der Waals surface area (Å²) in [6.45, 7) is 6.78. The Hall–Kier alpha value is -2.70. The van der Waals surface area contributed by atoms with Gasteiger partial charge in [0, 0.05) is 36.6 Å². The van der Waals surface area contributed by atoms with Crippen LogP contribution in [0, 0.1) is 19.8 Å². The first-order valence-electron chi connectivity index (χ1n) is 11.2. The van der Waals surface area contributed by atoms with Crippen LogP contribution in [0.15, 0.2) is 12.4 Å². The zero-order chi connectivity index (χ0) is 22.1. The van der Waals surface area contributed by atoms with Crippen LogP contribution in [0.25, 0.3) is 0 Å². The second-order valence-electron chi connectivity index (χ2n) is 8.79. The van der Waals surface area contributed by atoms with Gasteiger partial charge in [-0.2, -0.15) is 5.10 Å². The summed E-state index contributed by atoms with van der Waals surface area (Å²) in [7, 11) is 0. The van der Waals surface area contributed by atoms with E-state index in [1.165, 1.54) is 0 Å². The van der Waals surface area contributed by atoms with Gasteiger partial charge in [-0.3, -0.25) is 9.36 Å². The minimum absolute atomic E-state index is 0.0449. The van der Waals surface area contributed by atoms with Gasteiger partial charge in [0.15, 0.2) is 5.82 Å². The molecule has 0 spiro atoms. The van der Waals surface area contributed by atoms with Crippen LogP contribution in [0.4, 0.5) is 0 Å². The van der Waals surface area contributed by atoms with E-state index in [-0.39, 0.29) is 18.7 Å². The highest BCUT2D eigenvalue weighted by Gasteiger charge is 2.36. The van der Waals surface area contributed by atoms with Gasteiger partial charge in [0.1, 0.15) is 0 Å². The number of aliphatic hydroxyl groups is 1. The largest absolute Gasteiger partial charge is 0.394 e. The van der Waals surface area contributed by atoms with Crippen LogP contribution in [0.1, 0.15) is 54.1 Å². The van der Waals surface area contributed by atoms with Gasteiger partial charge in [0.2, 0.25) is 0 Å². The van der Waals surface area contributed by atoms with Gasteiger partial charge in [-0.25, -0.2) is 4.68 Å². The second kappa shape index (κ2) is 9.04. The quantitative estimate of drug-likeness (QED) is 0.476. The maximum Gasteiger partial charge on any atom is 0.173 e. The fourth-order valence-corrected chi connectivity index (χ4v) is 4.94. The number of nitrogens with zero attached hydrogens (tertiary/aromatic N) is 9. The summed E-state index contributed by atoms with van der Waals surface area (Å²) in [5, 5.41) is 38.7. The molecule has 0 bridgehead atoms. The number of ether oxygens (including phenoxy) is 1. The van der Waals surface area contributed by atoms with Gasteiger partial charge in [0.25, 0.3) is 0 Å². The molecule has 2 fully saturated rings. The summed E-state index contributed by atoms with van der Waals surface area (Å²) >= 11 is 0. The predicted molar refractivity (Wildman–Crippen MR) is 113 cm³/mol. The molecule has 1 aliphatic carbocycles. The Labute approximate surface area is 185 Å². The van der Waals surface area contributed by atoms with E-state index in [4.69, 9.17) is 4.74 Å². The van der Waals surface area contributed by atoms with Crippen molar-refractivity contribution in [1.29, 1.82) is 0 Å². The first-order valence-corrected chi connectivity index (χ1v) is 11.2. The molecule has 2 aliphatic rings. The van der Waals surface area contributed by atoms with E-state index < -0.39 is 0 Å². The van der Waals surface area contributed by atoms with Crippen molar-refractivity contribution in [3.05, 3.63) is 35.2 Å². The number of aromatic nitrogens is 9. The molecular formula is C20H30N10O2. The van der Waals surface area contributed by atoms with E-state index in [2.05, 4.69) is 36.3 Å². The molecule has 5 rings (SSSR count). The SMILES string of the molecule is Cc1nn(CCO)c(C)c1C(NC1CC(Cn2ccnn2)C1)c1nnnn1C1CCOC1. The Morgan fingerprint density at radius 2 is 2.16 bits per heavy atom. The van der Waals surface area contributed by atoms with E-state index in [9.17, 15) is 5.11 Å². The Morgan fingerprint density at radius 3 is 2.88 bits per heavy atom. The lowest BCUT2D eigenvalue weighted by molar-refractivity contribution is 0.176. The maximum absolute atomic E-state index is 9.44. The summed E-state index contributed by atoms with van der Waals surface area (Å²) in [6.07, 6.45) is 6.62. The van der Waals surface area contributed by atoms with Crippen molar-refractivity contribution in [3.63, 3.8) is 0 Å². The Bertz CT molecular complexity index is 1020. The molecule has 2 N–H and O–H groups in total. The summed E-state index contributed by atoms with van der Waals surface area (Å²) in [5.41, 5.74) is 3.02. The third-order valence-corrected chi connectivity index (χ3v) is 6.62.